The molecule has 0 saturated heterocycles. The summed E-state index contributed by atoms with van der Waals surface area (Å²) >= 11 is 0. The third-order valence-electron chi connectivity index (χ3n) is 2.25. The first-order valence-electron chi connectivity index (χ1n) is 5.19. The molecule has 0 aliphatic heterocycles. The summed E-state index contributed by atoms with van der Waals surface area (Å²) in [7, 11) is -3.27. The van der Waals surface area contributed by atoms with Crippen molar-refractivity contribution in [2.45, 2.75) is 13.0 Å². The predicted octanol–water partition coefficient (Wildman–Crippen LogP) is 1.66. The standard InChI is InChI=1S/C11H15F2NO2S/c1-3-14-11(7-17(2,15)16)9-6-8(12)4-5-10(9)13/h4-6,11,14H,3,7H2,1-2H3. The summed E-state index contributed by atoms with van der Waals surface area (Å²) < 4.78 is 49.0. The van der Waals surface area contributed by atoms with Gasteiger partial charge in [-0.15, -0.1) is 0 Å². The van der Waals surface area contributed by atoms with Crippen LogP contribution in [0.15, 0.2) is 18.2 Å². The molecule has 0 radical (unpaired) electrons. The van der Waals surface area contributed by atoms with Gasteiger partial charge in [-0.3, -0.25) is 0 Å². The van der Waals surface area contributed by atoms with E-state index < -0.39 is 27.5 Å². The second kappa shape index (κ2) is 5.55. The molecular formula is C11H15F2NO2S. The van der Waals surface area contributed by atoms with E-state index in [1.165, 1.54) is 0 Å². The lowest BCUT2D eigenvalue weighted by Crippen LogP contribution is -2.28. The summed E-state index contributed by atoms with van der Waals surface area (Å²) in [6.07, 6.45) is 1.06. The van der Waals surface area contributed by atoms with E-state index >= 15 is 0 Å². The van der Waals surface area contributed by atoms with Crippen LogP contribution in [0.25, 0.3) is 0 Å². The molecule has 3 nitrogen and oxygen atoms in total. The largest absolute Gasteiger partial charge is 0.309 e. The smallest absolute Gasteiger partial charge is 0.149 e. The van der Waals surface area contributed by atoms with Crippen LogP contribution in [0.5, 0.6) is 0 Å². The van der Waals surface area contributed by atoms with Gasteiger partial charge in [0.05, 0.1) is 5.75 Å². The number of benzene rings is 1. The lowest BCUT2D eigenvalue weighted by atomic mass is 10.1. The van der Waals surface area contributed by atoms with Gasteiger partial charge in [-0.1, -0.05) is 6.92 Å². The van der Waals surface area contributed by atoms with Gasteiger partial charge >= 0.3 is 0 Å². The van der Waals surface area contributed by atoms with Gasteiger partial charge in [0.1, 0.15) is 21.5 Å². The van der Waals surface area contributed by atoms with E-state index in [-0.39, 0.29) is 11.3 Å². The summed E-state index contributed by atoms with van der Waals surface area (Å²) in [6.45, 7) is 2.24. The molecule has 0 saturated carbocycles. The van der Waals surface area contributed by atoms with Crippen molar-refractivity contribution in [3.8, 4) is 0 Å². The fourth-order valence-corrected chi connectivity index (χ4v) is 2.49. The second-order valence-corrected chi connectivity index (χ2v) is 6.05. The van der Waals surface area contributed by atoms with Gasteiger partial charge in [0.15, 0.2) is 0 Å². The number of nitrogens with one attached hydrogen (secondary N) is 1. The molecular weight excluding hydrogens is 248 g/mol. The zero-order valence-electron chi connectivity index (χ0n) is 9.70. The lowest BCUT2D eigenvalue weighted by molar-refractivity contribution is 0.522. The Hall–Kier alpha value is -1.01. The van der Waals surface area contributed by atoms with Crippen LogP contribution in [0.3, 0.4) is 0 Å². The van der Waals surface area contributed by atoms with E-state index in [4.69, 9.17) is 0 Å². The van der Waals surface area contributed by atoms with E-state index in [0.29, 0.717) is 6.54 Å². The molecule has 0 spiro atoms. The Morgan fingerprint density at radius 1 is 1.35 bits per heavy atom. The van der Waals surface area contributed by atoms with Gasteiger partial charge in [0, 0.05) is 17.9 Å². The van der Waals surface area contributed by atoms with Crippen LogP contribution >= 0.6 is 0 Å². The third kappa shape index (κ3) is 4.40. The predicted molar refractivity (Wildman–Crippen MR) is 62.5 cm³/mol. The van der Waals surface area contributed by atoms with Crippen LogP contribution in [0.1, 0.15) is 18.5 Å². The van der Waals surface area contributed by atoms with Crippen molar-refractivity contribution in [1.29, 1.82) is 0 Å². The zero-order chi connectivity index (χ0) is 13.1. The Balaban J connectivity index is 3.08. The minimum Gasteiger partial charge on any atom is -0.309 e. The molecule has 1 atom stereocenters. The number of halogens is 2. The van der Waals surface area contributed by atoms with Crippen molar-refractivity contribution < 1.29 is 17.2 Å². The number of hydrogen-bond donors (Lipinski definition) is 1. The summed E-state index contributed by atoms with van der Waals surface area (Å²) in [5.41, 5.74) is 0.0391. The number of rotatable bonds is 5. The highest BCUT2D eigenvalue weighted by molar-refractivity contribution is 7.90. The van der Waals surface area contributed by atoms with Crippen LogP contribution in [-0.4, -0.2) is 27.0 Å². The number of hydrogen-bond acceptors (Lipinski definition) is 3. The van der Waals surface area contributed by atoms with Crippen molar-refractivity contribution in [3.05, 3.63) is 35.4 Å². The molecule has 6 heteroatoms. The maximum absolute atomic E-state index is 13.5. The Morgan fingerprint density at radius 2 is 2.00 bits per heavy atom. The Labute approximate surface area is 99.8 Å². The molecule has 1 rings (SSSR count). The maximum Gasteiger partial charge on any atom is 0.149 e. The first kappa shape index (κ1) is 14.1. The van der Waals surface area contributed by atoms with Crippen LogP contribution < -0.4 is 5.32 Å². The minimum atomic E-state index is -3.27. The monoisotopic (exact) mass is 263 g/mol. The fraction of sp³-hybridized carbons (Fsp3) is 0.455. The van der Waals surface area contributed by atoms with Gasteiger partial charge in [0.2, 0.25) is 0 Å². The van der Waals surface area contributed by atoms with Gasteiger partial charge < -0.3 is 5.32 Å². The molecule has 0 fully saturated rings. The average molecular weight is 263 g/mol. The summed E-state index contributed by atoms with van der Waals surface area (Å²) in [6, 6.07) is 2.29. The highest BCUT2D eigenvalue weighted by Crippen LogP contribution is 2.19. The summed E-state index contributed by atoms with van der Waals surface area (Å²) in [5, 5.41) is 2.84. The molecule has 0 aliphatic carbocycles. The van der Waals surface area contributed by atoms with Crippen LogP contribution in [-0.2, 0) is 9.84 Å². The Kier molecular flexibility index (Phi) is 4.59. The molecule has 96 valence electrons. The molecule has 0 amide bonds. The van der Waals surface area contributed by atoms with E-state index in [0.717, 1.165) is 24.5 Å². The van der Waals surface area contributed by atoms with Crippen molar-refractivity contribution >= 4 is 9.84 Å². The zero-order valence-corrected chi connectivity index (χ0v) is 10.5. The third-order valence-corrected chi connectivity index (χ3v) is 3.19. The molecule has 0 heterocycles. The highest BCUT2D eigenvalue weighted by atomic mass is 32.2. The van der Waals surface area contributed by atoms with Gasteiger partial charge in [0.25, 0.3) is 0 Å². The molecule has 17 heavy (non-hydrogen) atoms. The SMILES string of the molecule is CCNC(CS(C)(=O)=O)c1cc(F)ccc1F. The summed E-state index contributed by atoms with van der Waals surface area (Å²) in [5.74, 6) is -1.46. The van der Waals surface area contributed by atoms with Gasteiger partial charge in [-0.25, -0.2) is 17.2 Å². The van der Waals surface area contributed by atoms with Crippen molar-refractivity contribution in [2.75, 3.05) is 18.6 Å². The van der Waals surface area contributed by atoms with E-state index in [1.54, 1.807) is 6.92 Å². The molecule has 0 aromatic heterocycles. The molecule has 1 aromatic rings. The maximum atomic E-state index is 13.5. The first-order chi connectivity index (χ1) is 7.83. The Bertz CT molecular complexity index is 488. The van der Waals surface area contributed by atoms with Gasteiger partial charge in [-0.2, -0.15) is 0 Å². The van der Waals surface area contributed by atoms with Crippen LogP contribution in [0.2, 0.25) is 0 Å². The molecule has 1 N–H and O–H groups in total. The van der Waals surface area contributed by atoms with Crippen LogP contribution in [0, 0.1) is 11.6 Å². The molecule has 1 unspecified atom stereocenters. The minimum absolute atomic E-state index is 0.0391. The van der Waals surface area contributed by atoms with E-state index in [1.807, 2.05) is 0 Å². The molecule has 1 aromatic carbocycles. The van der Waals surface area contributed by atoms with Crippen molar-refractivity contribution in [2.24, 2.45) is 0 Å². The van der Waals surface area contributed by atoms with Gasteiger partial charge in [-0.05, 0) is 24.7 Å². The Morgan fingerprint density at radius 3 is 2.53 bits per heavy atom. The van der Waals surface area contributed by atoms with E-state index in [9.17, 15) is 17.2 Å². The van der Waals surface area contributed by atoms with E-state index in [2.05, 4.69) is 5.32 Å². The topological polar surface area (TPSA) is 46.2 Å². The average Bonchev–Trinajstić information content (AvgIpc) is 2.19. The lowest BCUT2D eigenvalue weighted by Gasteiger charge is -2.18. The summed E-state index contributed by atoms with van der Waals surface area (Å²) in [4.78, 5) is 0. The number of sulfone groups is 1. The second-order valence-electron chi connectivity index (χ2n) is 3.87. The quantitative estimate of drug-likeness (QED) is 0.879. The molecule has 0 aliphatic rings. The highest BCUT2D eigenvalue weighted by Gasteiger charge is 2.20. The fourth-order valence-electron chi connectivity index (χ4n) is 1.59. The van der Waals surface area contributed by atoms with Crippen LogP contribution in [0.4, 0.5) is 8.78 Å². The van der Waals surface area contributed by atoms with Crippen molar-refractivity contribution in [3.63, 3.8) is 0 Å². The molecule has 0 bridgehead atoms. The normalized spacial score (nSPS) is 13.6. The van der Waals surface area contributed by atoms with Crippen molar-refractivity contribution in [1.82, 2.24) is 5.32 Å². The first-order valence-corrected chi connectivity index (χ1v) is 7.25.